The van der Waals surface area contributed by atoms with E-state index in [9.17, 15) is 0 Å². The third-order valence-corrected chi connectivity index (χ3v) is 4.48. The van der Waals surface area contributed by atoms with Crippen molar-refractivity contribution in [2.75, 3.05) is 13.1 Å². The molecule has 0 spiro atoms. The third kappa shape index (κ3) is 2.84. The van der Waals surface area contributed by atoms with Crippen molar-refractivity contribution in [3.63, 3.8) is 0 Å². The van der Waals surface area contributed by atoms with Gasteiger partial charge in [0.15, 0.2) is 0 Å². The van der Waals surface area contributed by atoms with E-state index in [-0.39, 0.29) is 6.04 Å². The molecule has 2 rings (SSSR count). The largest absolute Gasteiger partial charge is 0.326 e. The van der Waals surface area contributed by atoms with E-state index in [1.165, 1.54) is 5.56 Å². The van der Waals surface area contributed by atoms with Gasteiger partial charge in [-0.3, -0.25) is 4.90 Å². The van der Waals surface area contributed by atoms with Crippen LogP contribution in [0.1, 0.15) is 25.5 Å². The van der Waals surface area contributed by atoms with Gasteiger partial charge in [0, 0.05) is 34.7 Å². The van der Waals surface area contributed by atoms with Crippen molar-refractivity contribution >= 4 is 27.5 Å². The molecule has 1 aromatic carbocycles. The molecule has 0 amide bonds. The van der Waals surface area contributed by atoms with E-state index in [1.807, 2.05) is 12.1 Å². The summed E-state index contributed by atoms with van der Waals surface area (Å²) in [4.78, 5) is 2.41. The summed E-state index contributed by atoms with van der Waals surface area (Å²) in [6.45, 7) is 6.41. The number of halogens is 2. The summed E-state index contributed by atoms with van der Waals surface area (Å²) in [5.41, 5.74) is 7.24. The van der Waals surface area contributed by atoms with Crippen molar-refractivity contribution in [2.24, 2.45) is 11.7 Å². The van der Waals surface area contributed by atoms with Gasteiger partial charge in [0.2, 0.25) is 0 Å². The Labute approximate surface area is 116 Å². The zero-order valence-electron chi connectivity index (χ0n) is 10.2. The quantitative estimate of drug-likeness (QED) is 0.905. The number of benzene rings is 1. The Balaban J connectivity index is 2.17. The molecule has 0 bridgehead atoms. The average Bonchev–Trinajstić information content (AvgIpc) is 2.58. The molecule has 3 unspecified atom stereocenters. The van der Waals surface area contributed by atoms with Crippen molar-refractivity contribution in [3.05, 3.63) is 33.3 Å². The van der Waals surface area contributed by atoms with Gasteiger partial charge in [-0.2, -0.15) is 0 Å². The van der Waals surface area contributed by atoms with Crippen LogP contribution in [0.2, 0.25) is 5.02 Å². The number of rotatable bonds is 2. The molecule has 0 radical (unpaired) electrons. The van der Waals surface area contributed by atoms with Crippen molar-refractivity contribution in [3.8, 4) is 0 Å². The normalized spacial score (nSPS) is 27.4. The van der Waals surface area contributed by atoms with Gasteiger partial charge in [-0.1, -0.05) is 40.5 Å². The third-order valence-electron chi connectivity index (χ3n) is 3.66. The Morgan fingerprint density at radius 3 is 2.71 bits per heavy atom. The van der Waals surface area contributed by atoms with E-state index in [1.54, 1.807) is 0 Å². The summed E-state index contributed by atoms with van der Waals surface area (Å²) in [5, 5.41) is 0.819. The van der Waals surface area contributed by atoms with Crippen molar-refractivity contribution in [1.82, 2.24) is 4.90 Å². The molecule has 4 heteroatoms. The Morgan fingerprint density at radius 2 is 2.18 bits per heavy atom. The molecule has 3 atom stereocenters. The molecular formula is C13H18BrClN2. The molecule has 1 heterocycles. The first-order valence-corrected chi connectivity index (χ1v) is 7.10. The lowest BCUT2D eigenvalue weighted by Crippen LogP contribution is -2.29. The topological polar surface area (TPSA) is 29.3 Å². The summed E-state index contributed by atoms with van der Waals surface area (Å²) in [5.74, 6) is 0.562. The predicted octanol–water partition coefficient (Wildman–Crippen LogP) is 3.44. The van der Waals surface area contributed by atoms with Crippen LogP contribution >= 0.6 is 27.5 Å². The summed E-state index contributed by atoms with van der Waals surface area (Å²) in [6, 6.07) is 6.69. The zero-order valence-corrected chi connectivity index (χ0v) is 12.5. The monoisotopic (exact) mass is 316 g/mol. The van der Waals surface area contributed by atoms with Gasteiger partial charge < -0.3 is 5.73 Å². The van der Waals surface area contributed by atoms with Crippen LogP contribution in [0.4, 0.5) is 0 Å². The second kappa shape index (κ2) is 5.27. The minimum atomic E-state index is 0.284. The molecule has 0 aromatic heterocycles. The van der Waals surface area contributed by atoms with E-state index in [4.69, 9.17) is 17.3 Å². The van der Waals surface area contributed by atoms with Gasteiger partial charge in [0.05, 0.1) is 0 Å². The number of nitrogens with two attached hydrogens (primary N) is 1. The Morgan fingerprint density at radius 1 is 1.47 bits per heavy atom. The maximum absolute atomic E-state index is 6.29. The van der Waals surface area contributed by atoms with Crippen molar-refractivity contribution in [1.29, 1.82) is 0 Å². The minimum Gasteiger partial charge on any atom is -0.326 e. The minimum absolute atomic E-state index is 0.284. The highest BCUT2D eigenvalue weighted by Gasteiger charge is 2.30. The highest BCUT2D eigenvalue weighted by atomic mass is 79.9. The molecule has 1 saturated heterocycles. The summed E-state index contributed by atoms with van der Waals surface area (Å²) < 4.78 is 1.02. The first-order valence-electron chi connectivity index (χ1n) is 5.93. The van der Waals surface area contributed by atoms with Crippen LogP contribution in [0.25, 0.3) is 0 Å². The molecule has 2 N–H and O–H groups in total. The molecule has 1 aliphatic rings. The summed E-state index contributed by atoms with van der Waals surface area (Å²) in [6.07, 6.45) is 0. The Kier molecular flexibility index (Phi) is 4.14. The van der Waals surface area contributed by atoms with Gasteiger partial charge in [-0.05, 0) is 30.5 Å². The second-order valence-corrected chi connectivity index (χ2v) is 6.26. The molecule has 2 nitrogen and oxygen atoms in total. The maximum atomic E-state index is 6.29. The lowest BCUT2D eigenvalue weighted by atomic mass is 10.1. The smallest absolute Gasteiger partial charge is 0.0464 e. The van der Waals surface area contributed by atoms with Gasteiger partial charge in [-0.15, -0.1) is 0 Å². The molecule has 1 aromatic rings. The molecule has 1 aliphatic heterocycles. The van der Waals surface area contributed by atoms with E-state index in [0.717, 1.165) is 22.6 Å². The molecule has 1 fully saturated rings. The first kappa shape index (κ1) is 13.3. The van der Waals surface area contributed by atoms with Gasteiger partial charge in [0.1, 0.15) is 0 Å². The molecule has 94 valence electrons. The fraction of sp³-hybridized carbons (Fsp3) is 0.538. The van der Waals surface area contributed by atoms with Gasteiger partial charge in [-0.25, -0.2) is 0 Å². The molecule has 17 heavy (non-hydrogen) atoms. The van der Waals surface area contributed by atoms with Crippen molar-refractivity contribution in [2.45, 2.75) is 25.9 Å². The van der Waals surface area contributed by atoms with Crippen LogP contribution in [0, 0.1) is 5.92 Å². The van der Waals surface area contributed by atoms with E-state index in [2.05, 4.69) is 40.7 Å². The Bertz CT molecular complexity index is 400. The van der Waals surface area contributed by atoms with E-state index in [0.29, 0.717) is 12.0 Å². The lowest BCUT2D eigenvalue weighted by molar-refractivity contribution is 0.253. The van der Waals surface area contributed by atoms with E-state index >= 15 is 0 Å². The number of hydrogen-bond donors (Lipinski definition) is 1. The van der Waals surface area contributed by atoms with Gasteiger partial charge in [0.25, 0.3) is 0 Å². The van der Waals surface area contributed by atoms with Gasteiger partial charge >= 0.3 is 0 Å². The number of likely N-dealkylation sites (tertiary alicyclic amines) is 1. The fourth-order valence-electron chi connectivity index (χ4n) is 2.38. The van der Waals surface area contributed by atoms with Crippen LogP contribution in [-0.2, 0) is 0 Å². The second-order valence-electron chi connectivity index (χ2n) is 4.94. The van der Waals surface area contributed by atoms with E-state index < -0.39 is 0 Å². The average molecular weight is 318 g/mol. The van der Waals surface area contributed by atoms with Crippen LogP contribution in [-0.4, -0.2) is 24.0 Å². The van der Waals surface area contributed by atoms with Crippen molar-refractivity contribution < 1.29 is 0 Å². The standard InChI is InChI=1S/C13H18BrClN2/c1-8-6-17(7-13(8)16)9(2)11-4-3-10(14)5-12(11)15/h3-5,8-9,13H,6-7,16H2,1-2H3. The van der Waals surface area contributed by atoms with Crippen LogP contribution in [0.5, 0.6) is 0 Å². The zero-order chi connectivity index (χ0) is 12.6. The summed E-state index contributed by atoms with van der Waals surface area (Å²) in [7, 11) is 0. The number of hydrogen-bond acceptors (Lipinski definition) is 2. The van der Waals surface area contributed by atoms with Crippen LogP contribution in [0.3, 0.4) is 0 Å². The highest BCUT2D eigenvalue weighted by molar-refractivity contribution is 9.10. The Hall–Kier alpha value is -0.0900. The number of nitrogens with zero attached hydrogens (tertiary/aromatic N) is 1. The maximum Gasteiger partial charge on any atom is 0.0464 e. The van der Waals surface area contributed by atoms with Crippen LogP contribution in [0.15, 0.2) is 22.7 Å². The SMILES string of the molecule is CC1CN(C(C)c2ccc(Br)cc2Cl)CC1N. The highest BCUT2D eigenvalue weighted by Crippen LogP contribution is 2.32. The molecular weight excluding hydrogens is 300 g/mol. The molecule has 0 aliphatic carbocycles. The predicted molar refractivity (Wildman–Crippen MR) is 76.3 cm³/mol. The first-order chi connectivity index (χ1) is 7.99. The summed E-state index contributed by atoms with van der Waals surface area (Å²) >= 11 is 9.72. The lowest BCUT2D eigenvalue weighted by Gasteiger charge is -2.25. The van der Waals surface area contributed by atoms with Crippen LogP contribution < -0.4 is 5.73 Å². The molecule has 0 saturated carbocycles. The fourth-order valence-corrected chi connectivity index (χ4v) is 3.22.